The first-order valence-electron chi connectivity index (χ1n) is 16.2. The molecule has 8 atom stereocenters. The topological polar surface area (TPSA) is 364 Å². The van der Waals surface area contributed by atoms with Crippen molar-refractivity contribution >= 4 is 69.1 Å². The average Bonchev–Trinajstić information content (AvgIpc) is 3.45. The Morgan fingerprint density at radius 1 is 1.11 bits per heavy atom. The van der Waals surface area contributed by atoms with E-state index in [1.807, 2.05) is 0 Å². The molecule has 2 amide bonds. The summed E-state index contributed by atoms with van der Waals surface area (Å²) in [4.78, 5) is 87.4. The Labute approximate surface area is 317 Å². The van der Waals surface area contributed by atoms with E-state index in [1.54, 1.807) is 0 Å². The van der Waals surface area contributed by atoms with Crippen LogP contribution in [0, 0.1) is 11.3 Å². The van der Waals surface area contributed by atoms with E-state index in [0.717, 1.165) is 41.0 Å². The van der Waals surface area contributed by atoms with Crippen molar-refractivity contribution in [2.45, 2.75) is 63.8 Å². The normalized spacial score (nSPS) is 24.2. The highest BCUT2D eigenvalue weighted by Gasteiger charge is 2.50. The summed E-state index contributed by atoms with van der Waals surface area (Å²) in [7, 11) is -16.4. The monoisotopic (exact) mass is 861 g/mol. The highest BCUT2D eigenvalue weighted by atomic mass is 32.2. The van der Waals surface area contributed by atoms with Crippen molar-refractivity contribution in [3.8, 4) is 0 Å². The molecule has 0 aromatic carbocycles. The van der Waals surface area contributed by atoms with Gasteiger partial charge in [0.1, 0.15) is 36.3 Å². The van der Waals surface area contributed by atoms with Gasteiger partial charge in [0.25, 0.3) is 0 Å². The number of thioether (sulfide) groups is 1. The first-order chi connectivity index (χ1) is 25.5. The molecule has 1 aliphatic carbocycles. The van der Waals surface area contributed by atoms with Crippen LogP contribution in [0.2, 0.25) is 0 Å². The second-order valence-corrected chi connectivity index (χ2v) is 18.4. The van der Waals surface area contributed by atoms with E-state index in [-0.39, 0.29) is 47.5 Å². The van der Waals surface area contributed by atoms with Crippen molar-refractivity contribution < 1.29 is 80.5 Å². The zero-order valence-corrected chi connectivity index (χ0v) is 32.8. The standard InChI is InChI=1S/C27H42N7O17P3S/c1-14-8-15(14)9-18(36)55-7-6-29-17(35)4-5-30-25(39)22(38)27(2,3)11-48-54(45,46)51-53(43,44)47-10-16-21(50-52(40,41)42)20(37)26(49-16)34-13-33-19-23(28)31-12-32-24(19)34/h12-13,15-16,20-22,26,37-38H,1,4-11H2,2-3H3,(H,29,35)(H,30,39)(H,43,44)(H,45,46)(H2,28,31,32)(H2,40,41,42)/t15-,16+,20+,21+,22?,26+/m0/s1. The fraction of sp³-hybridized carbons (Fsp3) is 0.630. The molecule has 1 saturated heterocycles. The van der Waals surface area contributed by atoms with Crippen molar-refractivity contribution in [2.24, 2.45) is 11.3 Å². The molecule has 3 heterocycles. The van der Waals surface area contributed by atoms with Crippen LogP contribution >= 0.6 is 35.2 Å². The third-order valence-corrected chi connectivity index (χ3v) is 12.1. The van der Waals surface area contributed by atoms with Gasteiger partial charge in [0.05, 0.1) is 19.5 Å². The Balaban J connectivity index is 1.23. The number of aliphatic hydroxyl groups excluding tert-OH is 2. The van der Waals surface area contributed by atoms with Crippen LogP contribution in [0.25, 0.3) is 11.2 Å². The number of aromatic nitrogens is 4. The molecule has 2 aromatic heterocycles. The lowest BCUT2D eigenvalue weighted by Gasteiger charge is -2.30. The summed E-state index contributed by atoms with van der Waals surface area (Å²) in [5.41, 5.74) is 5.32. The molecule has 0 bridgehead atoms. The van der Waals surface area contributed by atoms with Crippen LogP contribution in [0.3, 0.4) is 0 Å². The molecule has 1 aliphatic heterocycles. The molecule has 2 aliphatic rings. The van der Waals surface area contributed by atoms with Gasteiger partial charge in [-0.1, -0.05) is 37.8 Å². The van der Waals surface area contributed by atoms with E-state index in [9.17, 15) is 57.9 Å². The molecule has 55 heavy (non-hydrogen) atoms. The van der Waals surface area contributed by atoms with Gasteiger partial charge < -0.3 is 50.9 Å². The number of fused-ring (bicyclic) bond motifs is 1. The summed E-state index contributed by atoms with van der Waals surface area (Å²) in [5, 5.41) is 26.4. The number of nitrogen functional groups attached to an aromatic ring is 1. The van der Waals surface area contributed by atoms with Gasteiger partial charge in [-0.25, -0.2) is 28.6 Å². The highest BCUT2D eigenvalue weighted by Crippen LogP contribution is 2.61. The minimum atomic E-state index is -5.57. The van der Waals surface area contributed by atoms with Gasteiger partial charge in [-0.2, -0.15) is 4.31 Å². The van der Waals surface area contributed by atoms with Crippen molar-refractivity contribution in [2.75, 3.05) is 37.8 Å². The number of hydrogen-bond acceptors (Lipinski definition) is 18. The summed E-state index contributed by atoms with van der Waals surface area (Å²) in [6.07, 6.45) is -5.63. The van der Waals surface area contributed by atoms with E-state index in [2.05, 4.69) is 41.0 Å². The largest absolute Gasteiger partial charge is 0.481 e. The zero-order valence-electron chi connectivity index (χ0n) is 29.3. The van der Waals surface area contributed by atoms with Gasteiger partial charge in [-0.3, -0.25) is 32.5 Å². The number of nitrogens with one attached hydrogen (secondary N) is 2. The number of allylic oxidation sites excluding steroid dienone is 1. The number of carbonyl (C=O) groups is 3. The lowest BCUT2D eigenvalue weighted by molar-refractivity contribution is -0.137. The second-order valence-electron chi connectivity index (χ2n) is 13.1. The Hall–Kier alpha value is -2.70. The molecule has 3 unspecified atom stereocenters. The van der Waals surface area contributed by atoms with Crippen molar-refractivity contribution in [1.82, 2.24) is 30.2 Å². The van der Waals surface area contributed by atoms with E-state index in [0.29, 0.717) is 12.2 Å². The SMILES string of the molecule is C=C1C[C@H]1CC(=O)SCCNC(=O)CCNC(=O)C(O)C(C)(C)COP(=O)(O)OP(=O)(O)OC[C@H]1O[C@@H](n2cnc3c(N)ncnc32)[C@H](O)[C@@H]1OP(=O)(O)O. The Morgan fingerprint density at radius 2 is 1.78 bits per heavy atom. The number of carbonyl (C=O) groups excluding carboxylic acids is 3. The number of aliphatic hydroxyl groups is 2. The molecule has 10 N–H and O–H groups in total. The van der Waals surface area contributed by atoms with E-state index < -0.39 is 84.6 Å². The summed E-state index contributed by atoms with van der Waals surface area (Å²) in [6, 6.07) is 0. The van der Waals surface area contributed by atoms with Crippen molar-refractivity contribution in [3.05, 3.63) is 24.8 Å². The molecule has 24 nitrogen and oxygen atoms in total. The molecule has 0 radical (unpaired) electrons. The van der Waals surface area contributed by atoms with E-state index in [4.69, 9.17) is 19.5 Å². The van der Waals surface area contributed by atoms with E-state index >= 15 is 0 Å². The van der Waals surface area contributed by atoms with Crippen LogP contribution in [-0.4, -0.2) is 123 Å². The predicted octanol–water partition coefficient (Wildman–Crippen LogP) is -0.369. The number of phosphoric ester groups is 3. The second kappa shape index (κ2) is 18.3. The smallest absolute Gasteiger partial charge is 0.386 e. The summed E-state index contributed by atoms with van der Waals surface area (Å²) in [6.45, 7) is 4.32. The van der Waals surface area contributed by atoms with E-state index in [1.165, 1.54) is 13.8 Å². The molecule has 308 valence electrons. The first kappa shape index (κ1) is 45.0. The number of hydrogen-bond donors (Lipinski definition) is 9. The van der Waals surface area contributed by atoms with Gasteiger partial charge in [-0.15, -0.1) is 0 Å². The Bertz CT molecular complexity index is 1900. The summed E-state index contributed by atoms with van der Waals surface area (Å²) in [5.74, 6) is -0.834. The maximum Gasteiger partial charge on any atom is 0.481 e. The number of phosphoric acid groups is 3. The Kier molecular flexibility index (Phi) is 14.9. The minimum absolute atomic E-state index is 0.00910. The molecule has 28 heteroatoms. The van der Waals surface area contributed by atoms with Gasteiger partial charge >= 0.3 is 23.5 Å². The lowest BCUT2D eigenvalue weighted by Crippen LogP contribution is -2.46. The number of nitrogens with zero attached hydrogens (tertiary/aromatic N) is 4. The number of rotatable bonds is 21. The van der Waals surface area contributed by atoms with Crippen LogP contribution in [0.5, 0.6) is 0 Å². The third-order valence-electron chi connectivity index (χ3n) is 8.10. The molecular weight excluding hydrogens is 819 g/mol. The van der Waals surface area contributed by atoms with Crippen molar-refractivity contribution in [1.29, 1.82) is 0 Å². The van der Waals surface area contributed by atoms with Gasteiger partial charge in [0.2, 0.25) is 11.8 Å². The van der Waals surface area contributed by atoms with Crippen LogP contribution in [-0.2, 0) is 50.7 Å². The fourth-order valence-electron chi connectivity index (χ4n) is 5.03. The fourth-order valence-corrected chi connectivity index (χ4v) is 8.61. The predicted molar refractivity (Wildman–Crippen MR) is 189 cm³/mol. The quantitative estimate of drug-likeness (QED) is 0.0439. The minimum Gasteiger partial charge on any atom is -0.386 e. The highest BCUT2D eigenvalue weighted by molar-refractivity contribution is 8.13. The number of imidazole rings is 1. The third kappa shape index (κ3) is 13.2. The van der Waals surface area contributed by atoms with Gasteiger partial charge in [0, 0.05) is 37.1 Å². The molecule has 1 saturated carbocycles. The summed E-state index contributed by atoms with van der Waals surface area (Å²) < 4.78 is 62.0. The van der Waals surface area contributed by atoms with Crippen LogP contribution < -0.4 is 16.4 Å². The molecular formula is C27H42N7O17P3S. The van der Waals surface area contributed by atoms with Crippen LogP contribution in [0.1, 0.15) is 39.3 Å². The molecule has 0 spiro atoms. The zero-order chi connectivity index (χ0) is 40.9. The van der Waals surface area contributed by atoms with Crippen LogP contribution in [0.4, 0.5) is 5.82 Å². The molecule has 4 rings (SSSR count). The molecule has 2 aromatic rings. The number of amides is 2. The maximum atomic E-state index is 12.7. The number of anilines is 1. The Morgan fingerprint density at radius 3 is 2.44 bits per heavy atom. The summed E-state index contributed by atoms with van der Waals surface area (Å²) >= 11 is 1.10. The van der Waals surface area contributed by atoms with Crippen molar-refractivity contribution in [3.63, 3.8) is 0 Å². The van der Waals surface area contributed by atoms with Crippen LogP contribution in [0.15, 0.2) is 24.8 Å². The van der Waals surface area contributed by atoms with Gasteiger partial charge in [0.15, 0.2) is 22.8 Å². The molecule has 2 fully saturated rings. The first-order valence-corrected chi connectivity index (χ1v) is 21.7. The number of nitrogens with two attached hydrogens (primary N) is 1. The van der Waals surface area contributed by atoms with Gasteiger partial charge in [-0.05, 0) is 12.3 Å². The maximum absolute atomic E-state index is 12.7. The average molecular weight is 862 g/mol. The lowest BCUT2D eigenvalue weighted by atomic mass is 9.87. The number of ether oxygens (including phenoxy) is 1.